The summed E-state index contributed by atoms with van der Waals surface area (Å²) in [6.45, 7) is 2.96. The minimum atomic E-state index is 0.0365. The van der Waals surface area contributed by atoms with Gasteiger partial charge in [0, 0.05) is 6.54 Å². The zero-order valence-electron chi connectivity index (χ0n) is 11.0. The summed E-state index contributed by atoms with van der Waals surface area (Å²) >= 11 is 5.97. The van der Waals surface area contributed by atoms with Gasteiger partial charge in [-0.15, -0.1) is 11.6 Å². The monoisotopic (exact) mass is 276 g/mol. The van der Waals surface area contributed by atoms with Crippen molar-refractivity contribution in [3.8, 4) is 0 Å². The lowest BCUT2D eigenvalue weighted by atomic mass is 9.70. The first-order valence-electron chi connectivity index (χ1n) is 6.67. The van der Waals surface area contributed by atoms with Crippen molar-refractivity contribution in [3.63, 3.8) is 0 Å². The maximum atomic E-state index is 12.6. The number of fused-ring (bicyclic) bond motifs is 1. The van der Waals surface area contributed by atoms with Crippen LogP contribution in [0.4, 0.5) is 0 Å². The lowest BCUT2D eigenvalue weighted by molar-refractivity contribution is 0.129. The van der Waals surface area contributed by atoms with Crippen LogP contribution in [-0.4, -0.2) is 9.55 Å². The number of halogens is 1. The molecule has 2 aromatic rings. The second-order valence-corrected chi connectivity index (χ2v) is 6.00. The van der Waals surface area contributed by atoms with Crippen molar-refractivity contribution < 1.29 is 0 Å². The van der Waals surface area contributed by atoms with Gasteiger partial charge in [0.05, 0.1) is 16.8 Å². The van der Waals surface area contributed by atoms with Crippen LogP contribution < -0.4 is 5.56 Å². The number of para-hydroxylation sites is 1. The minimum absolute atomic E-state index is 0.0365. The summed E-state index contributed by atoms with van der Waals surface area (Å²) in [7, 11) is 0. The third-order valence-electron chi connectivity index (χ3n) is 4.16. The molecule has 3 rings (SSSR count). The molecule has 1 fully saturated rings. The molecule has 19 heavy (non-hydrogen) atoms. The largest absolute Gasteiger partial charge is 0.295 e. The van der Waals surface area contributed by atoms with Gasteiger partial charge in [-0.05, 0) is 30.4 Å². The number of aromatic nitrogens is 2. The molecule has 0 radical (unpaired) electrons. The first-order chi connectivity index (χ1) is 9.13. The van der Waals surface area contributed by atoms with Gasteiger partial charge in [0.25, 0.3) is 5.56 Å². The number of hydrogen-bond acceptors (Lipinski definition) is 2. The van der Waals surface area contributed by atoms with E-state index in [-0.39, 0.29) is 16.9 Å². The highest BCUT2D eigenvalue weighted by atomic mass is 35.5. The van der Waals surface area contributed by atoms with E-state index in [0.29, 0.717) is 11.2 Å². The van der Waals surface area contributed by atoms with E-state index >= 15 is 0 Å². The Morgan fingerprint density at radius 1 is 1.37 bits per heavy atom. The van der Waals surface area contributed by atoms with E-state index in [1.165, 1.54) is 19.3 Å². The second kappa shape index (κ2) is 4.64. The topological polar surface area (TPSA) is 34.9 Å². The van der Waals surface area contributed by atoms with Gasteiger partial charge in [-0.1, -0.05) is 25.5 Å². The van der Waals surface area contributed by atoms with E-state index in [0.717, 1.165) is 12.1 Å². The maximum Gasteiger partial charge on any atom is 0.261 e. The minimum Gasteiger partial charge on any atom is -0.295 e. The predicted molar refractivity (Wildman–Crippen MR) is 77.5 cm³/mol. The molecule has 0 saturated heterocycles. The van der Waals surface area contributed by atoms with Crippen LogP contribution in [0.3, 0.4) is 0 Å². The van der Waals surface area contributed by atoms with Crippen LogP contribution in [0.2, 0.25) is 0 Å². The van der Waals surface area contributed by atoms with Gasteiger partial charge in [-0.25, -0.2) is 4.98 Å². The van der Waals surface area contributed by atoms with Crippen molar-refractivity contribution in [2.75, 3.05) is 0 Å². The molecule has 1 aliphatic carbocycles. The highest BCUT2D eigenvalue weighted by Gasteiger charge is 2.33. The lowest BCUT2D eigenvalue weighted by Gasteiger charge is -2.39. The van der Waals surface area contributed by atoms with Gasteiger partial charge in [0.2, 0.25) is 0 Å². The van der Waals surface area contributed by atoms with Gasteiger partial charge >= 0.3 is 0 Å². The van der Waals surface area contributed by atoms with Gasteiger partial charge in [-0.2, -0.15) is 0 Å². The van der Waals surface area contributed by atoms with Crippen LogP contribution in [-0.2, 0) is 12.4 Å². The molecule has 3 nitrogen and oxygen atoms in total. The Morgan fingerprint density at radius 3 is 2.74 bits per heavy atom. The van der Waals surface area contributed by atoms with Crippen LogP contribution in [0.15, 0.2) is 29.1 Å². The van der Waals surface area contributed by atoms with Gasteiger partial charge in [0.15, 0.2) is 0 Å². The molecule has 100 valence electrons. The zero-order chi connectivity index (χ0) is 13.5. The molecule has 1 heterocycles. The molecule has 4 heteroatoms. The van der Waals surface area contributed by atoms with Crippen molar-refractivity contribution in [1.29, 1.82) is 0 Å². The first kappa shape index (κ1) is 12.7. The molecule has 1 aromatic heterocycles. The normalized spacial score (nSPS) is 17.4. The Kier molecular flexibility index (Phi) is 3.09. The summed E-state index contributed by atoms with van der Waals surface area (Å²) < 4.78 is 1.77. The third-order valence-corrected chi connectivity index (χ3v) is 4.40. The number of benzene rings is 1. The van der Waals surface area contributed by atoms with E-state index in [4.69, 9.17) is 11.6 Å². The fraction of sp³-hybridized carbons (Fsp3) is 0.467. The molecule has 0 spiro atoms. The van der Waals surface area contributed by atoms with E-state index in [1.54, 1.807) is 4.57 Å². The summed E-state index contributed by atoms with van der Waals surface area (Å²) in [6, 6.07) is 7.47. The van der Waals surface area contributed by atoms with Crippen LogP contribution in [0.5, 0.6) is 0 Å². The number of alkyl halides is 1. The summed E-state index contributed by atoms with van der Waals surface area (Å²) in [5, 5.41) is 0.680. The Balaban J connectivity index is 2.16. The van der Waals surface area contributed by atoms with Crippen LogP contribution in [0.1, 0.15) is 32.0 Å². The maximum absolute atomic E-state index is 12.6. The molecular weight excluding hydrogens is 260 g/mol. The third kappa shape index (κ3) is 2.16. The van der Waals surface area contributed by atoms with Crippen LogP contribution in [0.25, 0.3) is 10.9 Å². The Labute approximate surface area is 117 Å². The van der Waals surface area contributed by atoms with E-state index in [1.807, 2.05) is 24.3 Å². The second-order valence-electron chi connectivity index (χ2n) is 5.73. The Morgan fingerprint density at radius 2 is 2.11 bits per heavy atom. The van der Waals surface area contributed by atoms with Crippen molar-refractivity contribution in [2.45, 2.75) is 38.6 Å². The Bertz CT molecular complexity index is 673. The number of hydrogen-bond donors (Lipinski definition) is 0. The smallest absolute Gasteiger partial charge is 0.261 e. The SMILES string of the molecule is CC1(Cn2c(CCl)nc3ccccc3c2=O)CCC1. The lowest BCUT2D eigenvalue weighted by Crippen LogP contribution is -2.37. The van der Waals surface area contributed by atoms with E-state index in [2.05, 4.69) is 11.9 Å². The van der Waals surface area contributed by atoms with Crippen LogP contribution in [0, 0.1) is 5.41 Å². The Hall–Kier alpha value is -1.35. The first-order valence-corrected chi connectivity index (χ1v) is 7.21. The summed E-state index contributed by atoms with van der Waals surface area (Å²) in [4.78, 5) is 17.1. The van der Waals surface area contributed by atoms with Crippen molar-refractivity contribution in [1.82, 2.24) is 9.55 Å². The fourth-order valence-electron chi connectivity index (χ4n) is 2.80. The predicted octanol–water partition coefficient (Wildman–Crippen LogP) is 3.33. The van der Waals surface area contributed by atoms with Crippen molar-refractivity contribution in [3.05, 3.63) is 40.4 Å². The van der Waals surface area contributed by atoms with Gasteiger partial charge < -0.3 is 0 Å². The van der Waals surface area contributed by atoms with E-state index < -0.39 is 0 Å². The summed E-state index contributed by atoms with van der Waals surface area (Å²) in [5.74, 6) is 0.953. The average Bonchev–Trinajstić information content (AvgIpc) is 2.40. The molecule has 0 amide bonds. The summed E-state index contributed by atoms with van der Waals surface area (Å²) in [5.41, 5.74) is 1.00. The molecule has 1 aliphatic rings. The van der Waals surface area contributed by atoms with Crippen molar-refractivity contribution >= 4 is 22.5 Å². The fourth-order valence-corrected chi connectivity index (χ4v) is 3.00. The quantitative estimate of drug-likeness (QED) is 0.806. The highest BCUT2D eigenvalue weighted by molar-refractivity contribution is 6.16. The molecule has 1 saturated carbocycles. The number of nitrogens with zero attached hydrogens (tertiary/aromatic N) is 2. The van der Waals surface area contributed by atoms with Crippen LogP contribution >= 0.6 is 11.6 Å². The highest BCUT2D eigenvalue weighted by Crippen LogP contribution is 2.41. The molecule has 1 aromatic carbocycles. The van der Waals surface area contributed by atoms with Gasteiger partial charge in [0.1, 0.15) is 5.82 Å². The average molecular weight is 277 g/mol. The zero-order valence-corrected chi connectivity index (χ0v) is 11.8. The number of rotatable bonds is 3. The van der Waals surface area contributed by atoms with Gasteiger partial charge in [-0.3, -0.25) is 9.36 Å². The molecule has 0 unspecified atom stereocenters. The molecule has 0 atom stereocenters. The molecular formula is C15H17ClN2O. The standard InChI is InChI=1S/C15H17ClN2O/c1-15(7-4-8-15)10-18-13(9-16)17-12-6-3-2-5-11(12)14(18)19/h2-3,5-6H,4,7-10H2,1H3. The summed E-state index contributed by atoms with van der Waals surface area (Å²) in [6.07, 6.45) is 3.60. The molecule has 0 N–H and O–H groups in total. The van der Waals surface area contributed by atoms with Crippen molar-refractivity contribution in [2.24, 2.45) is 5.41 Å². The molecule has 0 bridgehead atoms. The molecule has 0 aliphatic heterocycles. The van der Waals surface area contributed by atoms with E-state index in [9.17, 15) is 4.79 Å².